The Morgan fingerprint density at radius 1 is 0.298 bits per heavy atom. The Morgan fingerprint density at radius 2 is 0.809 bits per heavy atom. The molecule has 1 heteroatoms. The van der Waals surface area contributed by atoms with E-state index in [-0.39, 0.29) is 0 Å². The van der Waals surface area contributed by atoms with Crippen molar-refractivity contribution in [2.45, 2.75) is 0 Å². The Bertz CT molecular complexity index is 2780. The summed E-state index contributed by atoms with van der Waals surface area (Å²) in [6.07, 6.45) is 0. The highest BCUT2D eigenvalue weighted by Crippen LogP contribution is 2.45. The predicted molar refractivity (Wildman–Crippen MR) is 200 cm³/mol. The Labute approximate surface area is 271 Å². The standard InChI is InChI=1S/C46H28O/c1-2-11-34-29(10-1)22-25-32-28-33(26-27-35(32)34)45-39-14-5-3-12-37(39)44(38-13-4-6-15-40(38)45)31-23-20-30(21-24-31)36-17-9-19-43-46(36)41-16-7-8-18-42(41)47-43/h1-28H. The molecule has 0 aliphatic rings. The summed E-state index contributed by atoms with van der Waals surface area (Å²) in [6, 6.07) is 61.6. The fourth-order valence-electron chi connectivity index (χ4n) is 7.75. The first-order chi connectivity index (χ1) is 23.3. The van der Waals surface area contributed by atoms with Gasteiger partial charge in [0, 0.05) is 10.8 Å². The highest BCUT2D eigenvalue weighted by Gasteiger charge is 2.18. The van der Waals surface area contributed by atoms with Crippen molar-refractivity contribution in [1.82, 2.24) is 0 Å². The van der Waals surface area contributed by atoms with Gasteiger partial charge >= 0.3 is 0 Å². The zero-order valence-electron chi connectivity index (χ0n) is 25.6. The molecule has 10 rings (SSSR count). The van der Waals surface area contributed by atoms with Crippen LogP contribution in [-0.2, 0) is 0 Å². The number of hydrogen-bond donors (Lipinski definition) is 0. The minimum atomic E-state index is 0.919. The lowest BCUT2D eigenvalue weighted by Gasteiger charge is -2.18. The van der Waals surface area contributed by atoms with Gasteiger partial charge in [0.25, 0.3) is 0 Å². The number of rotatable bonds is 3. The number of hydrogen-bond acceptors (Lipinski definition) is 1. The molecule has 218 valence electrons. The van der Waals surface area contributed by atoms with Gasteiger partial charge in [-0.05, 0) is 94.7 Å². The van der Waals surface area contributed by atoms with Crippen molar-refractivity contribution in [2.24, 2.45) is 0 Å². The summed E-state index contributed by atoms with van der Waals surface area (Å²) in [5.74, 6) is 0. The molecule has 0 saturated carbocycles. The number of para-hydroxylation sites is 1. The van der Waals surface area contributed by atoms with Crippen LogP contribution in [0.3, 0.4) is 0 Å². The van der Waals surface area contributed by atoms with Crippen molar-refractivity contribution in [2.75, 3.05) is 0 Å². The molecule has 0 saturated heterocycles. The molecule has 0 N–H and O–H groups in total. The monoisotopic (exact) mass is 596 g/mol. The maximum Gasteiger partial charge on any atom is 0.136 e. The Balaban J connectivity index is 1.17. The number of benzene rings is 9. The van der Waals surface area contributed by atoms with E-state index < -0.39 is 0 Å². The molecule has 0 amide bonds. The van der Waals surface area contributed by atoms with E-state index in [9.17, 15) is 0 Å². The van der Waals surface area contributed by atoms with Crippen molar-refractivity contribution in [3.63, 3.8) is 0 Å². The summed E-state index contributed by atoms with van der Waals surface area (Å²) >= 11 is 0. The van der Waals surface area contributed by atoms with Crippen molar-refractivity contribution in [1.29, 1.82) is 0 Å². The third kappa shape index (κ3) is 3.97. The van der Waals surface area contributed by atoms with Crippen LogP contribution in [0.5, 0.6) is 0 Å². The lowest BCUT2D eigenvalue weighted by Crippen LogP contribution is -1.91. The fraction of sp³-hybridized carbons (Fsp3) is 0. The van der Waals surface area contributed by atoms with E-state index in [1.807, 2.05) is 12.1 Å². The maximum absolute atomic E-state index is 6.19. The molecule has 0 aliphatic carbocycles. The van der Waals surface area contributed by atoms with Crippen LogP contribution in [0.25, 0.3) is 98.4 Å². The molecule has 1 aromatic heterocycles. The summed E-state index contributed by atoms with van der Waals surface area (Å²) in [5.41, 5.74) is 9.21. The Kier molecular flexibility index (Phi) is 5.64. The average molecular weight is 597 g/mol. The highest BCUT2D eigenvalue weighted by molar-refractivity contribution is 6.22. The second kappa shape index (κ2) is 10.2. The van der Waals surface area contributed by atoms with Crippen LogP contribution in [0.1, 0.15) is 0 Å². The van der Waals surface area contributed by atoms with Crippen LogP contribution in [0.15, 0.2) is 174 Å². The normalized spacial score (nSPS) is 11.8. The third-order valence-corrected chi connectivity index (χ3v) is 9.85. The van der Waals surface area contributed by atoms with E-state index in [4.69, 9.17) is 4.42 Å². The predicted octanol–water partition coefficient (Wildman–Crippen LogP) is 13.2. The van der Waals surface area contributed by atoms with Gasteiger partial charge in [0.1, 0.15) is 11.2 Å². The van der Waals surface area contributed by atoms with Crippen molar-refractivity contribution in [3.8, 4) is 33.4 Å². The minimum Gasteiger partial charge on any atom is -0.456 e. The van der Waals surface area contributed by atoms with Crippen molar-refractivity contribution < 1.29 is 4.42 Å². The van der Waals surface area contributed by atoms with Gasteiger partial charge in [0.15, 0.2) is 0 Å². The molecule has 0 aliphatic heterocycles. The SMILES string of the molecule is c1ccc2c(c1)ccc1cc(-c3c4ccccc4c(-c4ccc(-c5cccc6oc7ccccc7c56)cc4)c4ccccc34)ccc12. The lowest BCUT2D eigenvalue weighted by molar-refractivity contribution is 0.669. The van der Waals surface area contributed by atoms with Gasteiger partial charge in [-0.3, -0.25) is 0 Å². The molecule has 0 unspecified atom stereocenters. The molecule has 0 atom stereocenters. The summed E-state index contributed by atoms with van der Waals surface area (Å²) in [5, 5.41) is 12.5. The van der Waals surface area contributed by atoms with Gasteiger partial charge in [0.05, 0.1) is 0 Å². The van der Waals surface area contributed by atoms with Gasteiger partial charge in [-0.15, -0.1) is 0 Å². The first-order valence-electron chi connectivity index (χ1n) is 16.2. The van der Waals surface area contributed by atoms with Crippen molar-refractivity contribution >= 4 is 65.0 Å². The summed E-state index contributed by atoms with van der Waals surface area (Å²) < 4.78 is 6.19. The van der Waals surface area contributed by atoms with Crippen LogP contribution >= 0.6 is 0 Å². The zero-order chi connectivity index (χ0) is 30.9. The van der Waals surface area contributed by atoms with E-state index in [0.29, 0.717) is 0 Å². The van der Waals surface area contributed by atoms with E-state index in [0.717, 1.165) is 16.6 Å². The molecule has 0 bridgehead atoms. The van der Waals surface area contributed by atoms with Gasteiger partial charge in [-0.1, -0.05) is 152 Å². The lowest BCUT2D eigenvalue weighted by atomic mass is 9.85. The van der Waals surface area contributed by atoms with E-state index in [1.165, 1.54) is 81.9 Å². The highest BCUT2D eigenvalue weighted by atomic mass is 16.3. The first kappa shape index (κ1) is 26.1. The van der Waals surface area contributed by atoms with E-state index in [2.05, 4.69) is 158 Å². The largest absolute Gasteiger partial charge is 0.456 e. The van der Waals surface area contributed by atoms with Crippen molar-refractivity contribution in [3.05, 3.63) is 170 Å². The molecule has 47 heavy (non-hydrogen) atoms. The van der Waals surface area contributed by atoms with Crippen LogP contribution in [0, 0.1) is 0 Å². The zero-order valence-corrected chi connectivity index (χ0v) is 25.6. The molecule has 1 heterocycles. The Morgan fingerprint density at radius 3 is 1.53 bits per heavy atom. The van der Waals surface area contributed by atoms with E-state index in [1.54, 1.807) is 0 Å². The smallest absolute Gasteiger partial charge is 0.136 e. The van der Waals surface area contributed by atoms with Crippen LogP contribution in [0.2, 0.25) is 0 Å². The summed E-state index contributed by atoms with van der Waals surface area (Å²) in [6.45, 7) is 0. The maximum atomic E-state index is 6.19. The molecule has 0 spiro atoms. The van der Waals surface area contributed by atoms with Gasteiger partial charge in [-0.25, -0.2) is 0 Å². The topological polar surface area (TPSA) is 13.1 Å². The van der Waals surface area contributed by atoms with Gasteiger partial charge < -0.3 is 4.42 Å². The molecule has 0 radical (unpaired) electrons. The first-order valence-corrected chi connectivity index (χ1v) is 16.2. The minimum absolute atomic E-state index is 0.919. The molecular weight excluding hydrogens is 569 g/mol. The van der Waals surface area contributed by atoms with Crippen LogP contribution in [-0.4, -0.2) is 0 Å². The summed E-state index contributed by atoms with van der Waals surface area (Å²) in [7, 11) is 0. The third-order valence-electron chi connectivity index (χ3n) is 9.85. The average Bonchev–Trinajstić information content (AvgIpc) is 3.53. The van der Waals surface area contributed by atoms with Gasteiger partial charge in [0.2, 0.25) is 0 Å². The fourth-order valence-corrected chi connectivity index (χ4v) is 7.75. The molecular formula is C46H28O. The quantitative estimate of drug-likeness (QED) is 0.146. The van der Waals surface area contributed by atoms with Crippen LogP contribution < -0.4 is 0 Å². The second-order valence-electron chi connectivity index (χ2n) is 12.4. The Hall–Kier alpha value is -6.18. The molecule has 9 aromatic carbocycles. The molecule has 1 nitrogen and oxygen atoms in total. The molecule has 0 fully saturated rings. The number of fused-ring (bicyclic) bond motifs is 8. The van der Waals surface area contributed by atoms with Crippen LogP contribution in [0.4, 0.5) is 0 Å². The van der Waals surface area contributed by atoms with E-state index >= 15 is 0 Å². The van der Waals surface area contributed by atoms with Gasteiger partial charge in [-0.2, -0.15) is 0 Å². The number of furan rings is 1. The molecule has 10 aromatic rings. The second-order valence-corrected chi connectivity index (χ2v) is 12.4. The summed E-state index contributed by atoms with van der Waals surface area (Å²) in [4.78, 5) is 0.